The van der Waals surface area contributed by atoms with Crippen molar-refractivity contribution in [1.82, 2.24) is 14.8 Å². The molecular formula is C12H15N5. The van der Waals surface area contributed by atoms with Gasteiger partial charge < -0.3 is 5.73 Å². The summed E-state index contributed by atoms with van der Waals surface area (Å²) in [6.45, 7) is 5.69. The summed E-state index contributed by atoms with van der Waals surface area (Å²) in [5.41, 5.74) is 8.13. The van der Waals surface area contributed by atoms with Crippen LogP contribution < -0.4 is 5.73 Å². The van der Waals surface area contributed by atoms with Crippen LogP contribution >= 0.6 is 0 Å². The lowest BCUT2D eigenvalue weighted by atomic mass is 10.1. The largest absolute Gasteiger partial charge is 0.384 e. The van der Waals surface area contributed by atoms with Crippen molar-refractivity contribution in [3.8, 4) is 5.69 Å². The summed E-state index contributed by atoms with van der Waals surface area (Å²) in [6.07, 6.45) is 0. The molecule has 2 aromatic rings. The molecule has 0 aliphatic heterocycles. The third-order valence-corrected chi connectivity index (χ3v) is 2.55. The molecule has 0 spiro atoms. The van der Waals surface area contributed by atoms with Crippen LogP contribution in [0.5, 0.6) is 0 Å². The number of nitrogen functional groups attached to an aromatic ring is 1. The highest BCUT2D eigenvalue weighted by atomic mass is 15.3. The number of nitrogens with two attached hydrogens (primary N) is 1. The number of nitrogens with one attached hydrogen (secondary N) is 1. The highest BCUT2D eigenvalue weighted by molar-refractivity contribution is 5.98. The average Bonchev–Trinajstić information content (AvgIpc) is 2.57. The number of hydrogen-bond donors (Lipinski definition) is 2. The van der Waals surface area contributed by atoms with Gasteiger partial charge in [-0.05, 0) is 32.9 Å². The quantitative estimate of drug-likeness (QED) is 0.604. The average molecular weight is 229 g/mol. The van der Waals surface area contributed by atoms with Crippen LogP contribution in [0.3, 0.4) is 0 Å². The van der Waals surface area contributed by atoms with Gasteiger partial charge in [-0.15, -0.1) is 0 Å². The minimum atomic E-state index is 0.0382. The molecule has 0 saturated heterocycles. The maximum absolute atomic E-state index is 7.62. The molecule has 1 aromatic heterocycles. The predicted octanol–water partition coefficient (Wildman–Crippen LogP) is 1.48. The van der Waals surface area contributed by atoms with Crippen molar-refractivity contribution in [2.45, 2.75) is 20.8 Å². The highest BCUT2D eigenvalue weighted by Gasteiger charge is 2.11. The van der Waals surface area contributed by atoms with Crippen LogP contribution in [-0.2, 0) is 0 Å². The van der Waals surface area contributed by atoms with Crippen molar-refractivity contribution in [1.29, 1.82) is 5.41 Å². The Kier molecular flexibility index (Phi) is 2.67. The van der Waals surface area contributed by atoms with Crippen molar-refractivity contribution in [3.63, 3.8) is 0 Å². The van der Waals surface area contributed by atoms with E-state index in [-0.39, 0.29) is 5.84 Å². The molecule has 1 heterocycles. The summed E-state index contributed by atoms with van der Waals surface area (Å²) >= 11 is 0. The zero-order valence-electron chi connectivity index (χ0n) is 10.2. The molecule has 17 heavy (non-hydrogen) atoms. The lowest BCUT2D eigenvalue weighted by Crippen LogP contribution is -2.16. The second kappa shape index (κ2) is 4.01. The van der Waals surface area contributed by atoms with Gasteiger partial charge in [0.25, 0.3) is 0 Å². The Morgan fingerprint density at radius 2 is 2.00 bits per heavy atom. The van der Waals surface area contributed by atoms with Gasteiger partial charge in [0.15, 0.2) is 0 Å². The van der Waals surface area contributed by atoms with Crippen molar-refractivity contribution in [2.75, 3.05) is 0 Å². The zero-order valence-corrected chi connectivity index (χ0v) is 10.2. The molecule has 0 saturated carbocycles. The SMILES string of the molecule is Cc1ccc(-n2nc(C)nc2C)c(C(=N)N)c1. The van der Waals surface area contributed by atoms with Gasteiger partial charge in [0.05, 0.1) is 5.69 Å². The van der Waals surface area contributed by atoms with Crippen LogP contribution in [0.25, 0.3) is 5.69 Å². The fraction of sp³-hybridized carbons (Fsp3) is 0.250. The number of hydrogen-bond acceptors (Lipinski definition) is 3. The maximum atomic E-state index is 7.62. The number of benzene rings is 1. The lowest BCUT2D eigenvalue weighted by molar-refractivity contribution is 0.828. The first-order chi connectivity index (χ1) is 7.99. The van der Waals surface area contributed by atoms with E-state index in [1.807, 2.05) is 39.0 Å². The Labute approximate surface area is 99.8 Å². The molecule has 0 radical (unpaired) electrons. The van der Waals surface area contributed by atoms with Crippen LogP contribution in [0.4, 0.5) is 0 Å². The lowest BCUT2D eigenvalue weighted by Gasteiger charge is -2.10. The van der Waals surface area contributed by atoms with E-state index >= 15 is 0 Å². The molecule has 0 aliphatic carbocycles. The summed E-state index contributed by atoms with van der Waals surface area (Å²) in [6, 6.07) is 5.76. The molecule has 1 aromatic carbocycles. The van der Waals surface area contributed by atoms with Crippen molar-refractivity contribution in [3.05, 3.63) is 41.0 Å². The van der Waals surface area contributed by atoms with Gasteiger partial charge in [-0.1, -0.05) is 11.6 Å². The molecule has 5 nitrogen and oxygen atoms in total. The molecule has 0 aliphatic rings. The molecule has 3 N–H and O–H groups in total. The van der Waals surface area contributed by atoms with Crippen LogP contribution in [0, 0.1) is 26.2 Å². The molecule has 0 atom stereocenters. The molecule has 0 fully saturated rings. The number of rotatable bonds is 2. The van der Waals surface area contributed by atoms with E-state index in [0.717, 1.165) is 17.1 Å². The van der Waals surface area contributed by atoms with Crippen molar-refractivity contribution in [2.24, 2.45) is 5.73 Å². The first-order valence-corrected chi connectivity index (χ1v) is 5.34. The minimum absolute atomic E-state index is 0.0382. The fourth-order valence-corrected chi connectivity index (χ4v) is 1.80. The minimum Gasteiger partial charge on any atom is -0.384 e. The van der Waals surface area contributed by atoms with Gasteiger partial charge >= 0.3 is 0 Å². The Hall–Kier alpha value is -2.17. The van der Waals surface area contributed by atoms with E-state index in [9.17, 15) is 0 Å². The number of amidine groups is 1. The fourth-order valence-electron chi connectivity index (χ4n) is 1.80. The molecule has 0 unspecified atom stereocenters. The summed E-state index contributed by atoms with van der Waals surface area (Å²) in [5.74, 6) is 1.53. The molecule has 88 valence electrons. The first-order valence-electron chi connectivity index (χ1n) is 5.34. The smallest absolute Gasteiger partial charge is 0.148 e. The number of aryl methyl sites for hydroxylation is 3. The van der Waals surface area contributed by atoms with Gasteiger partial charge in [-0.2, -0.15) is 5.10 Å². The summed E-state index contributed by atoms with van der Waals surface area (Å²) in [7, 11) is 0. The third-order valence-electron chi connectivity index (χ3n) is 2.55. The molecular weight excluding hydrogens is 214 g/mol. The Morgan fingerprint density at radius 3 is 2.53 bits per heavy atom. The van der Waals surface area contributed by atoms with E-state index in [1.54, 1.807) is 4.68 Å². The van der Waals surface area contributed by atoms with E-state index in [4.69, 9.17) is 11.1 Å². The van der Waals surface area contributed by atoms with Gasteiger partial charge in [-0.25, -0.2) is 9.67 Å². The highest BCUT2D eigenvalue weighted by Crippen LogP contribution is 2.17. The van der Waals surface area contributed by atoms with Gasteiger partial charge in [0, 0.05) is 5.56 Å². The third kappa shape index (κ3) is 2.04. The Bertz CT molecular complexity index is 583. The normalized spacial score (nSPS) is 10.5. The first kappa shape index (κ1) is 11.3. The summed E-state index contributed by atoms with van der Waals surface area (Å²) in [5, 5.41) is 11.9. The van der Waals surface area contributed by atoms with Crippen molar-refractivity contribution < 1.29 is 0 Å². The monoisotopic (exact) mass is 229 g/mol. The van der Waals surface area contributed by atoms with Gasteiger partial charge in [0.2, 0.25) is 0 Å². The van der Waals surface area contributed by atoms with E-state index < -0.39 is 0 Å². The van der Waals surface area contributed by atoms with E-state index in [1.165, 1.54) is 0 Å². The number of nitrogens with zero attached hydrogens (tertiary/aromatic N) is 3. The van der Waals surface area contributed by atoms with E-state index in [2.05, 4.69) is 10.1 Å². The zero-order chi connectivity index (χ0) is 12.6. The molecule has 5 heteroatoms. The topological polar surface area (TPSA) is 80.6 Å². The Balaban J connectivity index is 2.67. The van der Waals surface area contributed by atoms with Gasteiger partial charge in [-0.3, -0.25) is 5.41 Å². The molecule has 2 rings (SSSR count). The van der Waals surface area contributed by atoms with Crippen LogP contribution in [0.1, 0.15) is 22.8 Å². The number of aromatic nitrogens is 3. The van der Waals surface area contributed by atoms with Crippen LogP contribution in [0.15, 0.2) is 18.2 Å². The second-order valence-electron chi connectivity index (χ2n) is 4.05. The van der Waals surface area contributed by atoms with Crippen molar-refractivity contribution >= 4 is 5.84 Å². The van der Waals surface area contributed by atoms with Gasteiger partial charge in [0.1, 0.15) is 17.5 Å². The van der Waals surface area contributed by atoms with Crippen LogP contribution in [0.2, 0.25) is 0 Å². The Morgan fingerprint density at radius 1 is 1.29 bits per heavy atom. The maximum Gasteiger partial charge on any atom is 0.148 e. The second-order valence-corrected chi connectivity index (χ2v) is 4.05. The predicted molar refractivity (Wildman–Crippen MR) is 66.6 cm³/mol. The van der Waals surface area contributed by atoms with Crippen LogP contribution in [-0.4, -0.2) is 20.6 Å². The summed E-state index contributed by atoms with van der Waals surface area (Å²) in [4.78, 5) is 4.25. The van der Waals surface area contributed by atoms with E-state index in [0.29, 0.717) is 11.4 Å². The molecule has 0 amide bonds. The summed E-state index contributed by atoms with van der Waals surface area (Å²) < 4.78 is 1.71. The molecule has 0 bridgehead atoms. The standard InChI is InChI=1S/C12H15N5/c1-7-4-5-11(10(6-7)12(13)14)17-9(3)15-8(2)16-17/h4-6H,1-3H3,(H3,13,14).